The van der Waals surface area contributed by atoms with Crippen LogP contribution in [-0.4, -0.2) is 59.6 Å². The molecule has 0 aliphatic carbocycles. The van der Waals surface area contributed by atoms with Gasteiger partial charge in [0, 0.05) is 43.0 Å². The summed E-state index contributed by atoms with van der Waals surface area (Å²) in [7, 11) is 3.41. The summed E-state index contributed by atoms with van der Waals surface area (Å²) in [5, 5.41) is 7.94. The van der Waals surface area contributed by atoms with Crippen LogP contribution >= 0.6 is 0 Å². The molecule has 1 amide bonds. The van der Waals surface area contributed by atoms with Gasteiger partial charge in [0.2, 0.25) is 5.95 Å². The molecule has 5 rings (SSSR count). The van der Waals surface area contributed by atoms with Crippen LogP contribution in [0.3, 0.4) is 0 Å². The average molecular weight is 426 g/mol. The number of ether oxygens (including phenoxy) is 1. The number of carbonyl (C=O) groups excluding carboxylic acids is 1. The van der Waals surface area contributed by atoms with Crippen LogP contribution in [0.15, 0.2) is 67.4 Å². The van der Waals surface area contributed by atoms with E-state index in [1.807, 2.05) is 18.2 Å². The number of imidazole rings is 1. The maximum atomic E-state index is 12.1. The van der Waals surface area contributed by atoms with Gasteiger partial charge >= 0.3 is 6.01 Å². The molecule has 10 heteroatoms. The first-order chi connectivity index (χ1) is 15.6. The zero-order valence-electron chi connectivity index (χ0n) is 17.3. The molecule has 0 atom stereocenters. The van der Waals surface area contributed by atoms with Gasteiger partial charge in [0.25, 0.3) is 5.91 Å². The Morgan fingerprint density at radius 1 is 1.06 bits per heavy atom. The molecule has 32 heavy (non-hydrogen) atoms. The fraction of sp³-hybridized carbons (Fsp3) is 0.0909. The van der Waals surface area contributed by atoms with Gasteiger partial charge in [0.1, 0.15) is 12.1 Å². The smallest absolute Gasteiger partial charge is 0.327 e. The average Bonchev–Trinajstić information content (AvgIpc) is 3.51. The Balaban J connectivity index is 1.55. The van der Waals surface area contributed by atoms with E-state index >= 15 is 0 Å². The number of nitrogens with one attached hydrogen (secondary N) is 1. The van der Waals surface area contributed by atoms with Crippen molar-refractivity contribution in [1.82, 2.24) is 39.6 Å². The third-order valence-electron chi connectivity index (χ3n) is 4.78. The van der Waals surface area contributed by atoms with Crippen LogP contribution in [0.25, 0.3) is 28.2 Å². The lowest BCUT2D eigenvalue weighted by Gasteiger charge is -2.11. The second kappa shape index (κ2) is 7.91. The fourth-order valence-corrected chi connectivity index (χ4v) is 3.20. The topological polar surface area (TPSA) is 115 Å². The van der Waals surface area contributed by atoms with Crippen molar-refractivity contribution < 1.29 is 9.53 Å². The Bertz CT molecular complexity index is 1390. The van der Waals surface area contributed by atoms with E-state index in [0.29, 0.717) is 23.1 Å². The molecule has 0 saturated heterocycles. The predicted molar refractivity (Wildman–Crippen MR) is 117 cm³/mol. The number of hydrogen-bond donors (Lipinski definition) is 1. The third-order valence-corrected chi connectivity index (χ3v) is 4.78. The van der Waals surface area contributed by atoms with Gasteiger partial charge in [-0.2, -0.15) is 20.1 Å². The number of amides is 1. The minimum Gasteiger partial charge on any atom is -0.424 e. The molecule has 0 unspecified atom stereocenters. The highest BCUT2D eigenvalue weighted by Crippen LogP contribution is 2.27. The van der Waals surface area contributed by atoms with Crippen LogP contribution in [0.2, 0.25) is 0 Å². The fourth-order valence-electron chi connectivity index (χ4n) is 3.20. The molecule has 0 aliphatic rings. The summed E-state index contributed by atoms with van der Waals surface area (Å²) < 4.78 is 7.60. The lowest BCUT2D eigenvalue weighted by molar-refractivity contribution is 0.0827. The zero-order valence-corrected chi connectivity index (χ0v) is 17.3. The molecule has 3 aromatic heterocycles. The number of rotatable bonds is 5. The van der Waals surface area contributed by atoms with Crippen LogP contribution in [0.4, 0.5) is 0 Å². The molecule has 0 saturated carbocycles. The Kier molecular flexibility index (Phi) is 4.79. The van der Waals surface area contributed by atoms with E-state index in [4.69, 9.17) is 4.74 Å². The Morgan fingerprint density at radius 2 is 1.91 bits per heavy atom. The highest BCUT2D eigenvalue weighted by molar-refractivity contribution is 5.94. The molecule has 0 aliphatic heterocycles. The van der Waals surface area contributed by atoms with E-state index < -0.39 is 0 Å². The predicted octanol–water partition coefficient (Wildman–Crippen LogP) is 3.09. The van der Waals surface area contributed by atoms with E-state index in [0.717, 1.165) is 16.5 Å². The van der Waals surface area contributed by atoms with Gasteiger partial charge in [-0.15, -0.1) is 0 Å². The quantitative estimate of drug-likeness (QED) is 0.459. The van der Waals surface area contributed by atoms with Crippen molar-refractivity contribution in [1.29, 1.82) is 0 Å². The molecule has 1 N–H and O–H groups in total. The van der Waals surface area contributed by atoms with Gasteiger partial charge in [0.05, 0.1) is 11.7 Å². The molecule has 158 valence electrons. The Labute approximate surface area is 182 Å². The number of aromatic nitrogens is 7. The standard InChI is InChI=1S/C22H18N8O2/c1-29(2)20(31)14-6-8-15(9-7-14)32-22-26-19(25-21(27-22)30-11-10-23-13-30)16-4-3-5-18-17(16)12-24-28-18/h3-13H,1-2H3,(H,24,28). The highest BCUT2D eigenvalue weighted by atomic mass is 16.5. The van der Waals surface area contributed by atoms with Gasteiger partial charge in [-0.25, -0.2) is 4.98 Å². The van der Waals surface area contributed by atoms with Gasteiger partial charge in [-0.1, -0.05) is 12.1 Å². The van der Waals surface area contributed by atoms with Crippen molar-refractivity contribution in [3.63, 3.8) is 0 Å². The number of hydrogen-bond acceptors (Lipinski definition) is 7. The summed E-state index contributed by atoms with van der Waals surface area (Å²) in [5.41, 5.74) is 2.22. The molecule has 0 spiro atoms. The van der Waals surface area contributed by atoms with Crippen molar-refractivity contribution in [3.8, 4) is 29.1 Å². The largest absolute Gasteiger partial charge is 0.424 e. The number of fused-ring (bicyclic) bond motifs is 1. The van der Waals surface area contributed by atoms with E-state index in [1.54, 1.807) is 67.8 Å². The van der Waals surface area contributed by atoms with Crippen molar-refractivity contribution >= 4 is 16.8 Å². The lowest BCUT2D eigenvalue weighted by atomic mass is 10.1. The summed E-state index contributed by atoms with van der Waals surface area (Å²) in [5.74, 6) is 1.21. The number of aromatic amines is 1. The maximum absolute atomic E-state index is 12.1. The number of carbonyl (C=O) groups is 1. The minimum atomic E-state index is -0.0883. The minimum absolute atomic E-state index is 0.0883. The number of benzene rings is 2. The molecule has 0 fully saturated rings. The molecule has 2 aromatic carbocycles. The second-order valence-corrected chi connectivity index (χ2v) is 7.17. The van der Waals surface area contributed by atoms with Crippen LogP contribution in [0.5, 0.6) is 11.8 Å². The monoisotopic (exact) mass is 426 g/mol. The summed E-state index contributed by atoms with van der Waals surface area (Å²) in [6.07, 6.45) is 6.71. The van der Waals surface area contributed by atoms with Gasteiger partial charge in [-0.05, 0) is 30.3 Å². The van der Waals surface area contributed by atoms with Gasteiger partial charge in [0.15, 0.2) is 5.82 Å². The molecular weight excluding hydrogens is 408 g/mol. The van der Waals surface area contributed by atoms with Crippen LogP contribution in [0, 0.1) is 0 Å². The Hall–Kier alpha value is -4.60. The first kappa shape index (κ1) is 19.4. The molecule has 3 heterocycles. The maximum Gasteiger partial charge on any atom is 0.327 e. The van der Waals surface area contributed by atoms with Crippen molar-refractivity contribution in [2.45, 2.75) is 0 Å². The van der Waals surface area contributed by atoms with E-state index in [2.05, 4.69) is 30.1 Å². The highest BCUT2D eigenvalue weighted by Gasteiger charge is 2.15. The molecule has 10 nitrogen and oxygen atoms in total. The first-order valence-corrected chi connectivity index (χ1v) is 9.75. The Morgan fingerprint density at radius 3 is 2.66 bits per heavy atom. The van der Waals surface area contributed by atoms with Gasteiger partial charge < -0.3 is 9.64 Å². The van der Waals surface area contributed by atoms with E-state index in [-0.39, 0.29) is 11.9 Å². The van der Waals surface area contributed by atoms with Crippen molar-refractivity contribution in [2.24, 2.45) is 0 Å². The summed E-state index contributed by atoms with van der Waals surface area (Å²) in [6.45, 7) is 0. The third kappa shape index (κ3) is 3.65. The first-order valence-electron chi connectivity index (χ1n) is 9.75. The zero-order chi connectivity index (χ0) is 22.1. The number of H-pyrrole nitrogens is 1. The van der Waals surface area contributed by atoms with E-state index in [1.165, 1.54) is 4.90 Å². The van der Waals surface area contributed by atoms with Crippen molar-refractivity contribution in [3.05, 3.63) is 72.9 Å². The SMILES string of the molecule is CN(C)C(=O)c1ccc(Oc2nc(-c3cccc4[nH]ncc34)nc(-n3ccnc3)n2)cc1. The molecule has 0 radical (unpaired) electrons. The normalized spacial score (nSPS) is 10.9. The summed E-state index contributed by atoms with van der Waals surface area (Å²) in [4.78, 5) is 31.3. The van der Waals surface area contributed by atoms with E-state index in [9.17, 15) is 4.79 Å². The van der Waals surface area contributed by atoms with Gasteiger partial charge in [-0.3, -0.25) is 14.5 Å². The van der Waals surface area contributed by atoms with Crippen molar-refractivity contribution in [2.75, 3.05) is 14.1 Å². The molecule has 0 bridgehead atoms. The van der Waals surface area contributed by atoms with Crippen LogP contribution in [-0.2, 0) is 0 Å². The van der Waals surface area contributed by atoms with Crippen LogP contribution in [0.1, 0.15) is 10.4 Å². The number of nitrogens with zero attached hydrogens (tertiary/aromatic N) is 7. The summed E-state index contributed by atoms with van der Waals surface area (Å²) >= 11 is 0. The molecule has 5 aromatic rings. The second-order valence-electron chi connectivity index (χ2n) is 7.17. The summed E-state index contributed by atoms with van der Waals surface area (Å²) in [6, 6.07) is 12.7. The lowest BCUT2D eigenvalue weighted by Crippen LogP contribution is -2.21. The molecular formula is C22H18N8O2. The van der Waals surface area contributed by atoms with Crippen LogP contribution < -0.4 is 4.74 Å².